The summed E-state index contributed by atoms with van der Waals surface area (Å²) >= 11 is 1.65. The van der Waals surface area contributed by atoms with Crippen LogP contribution in [-0.4, -0.2) is 62.4 Å². The number of benzene rings is 1. The molecule has 11 heteroatoms. The topological polar surface area (TPSA) is 111 Å². The van der Waals surface area contributed by atoms with Crippen LogP contribution in [0.5, 0.6) is 5.88 Å². The molecule has 0 unspecified atom stereocenters. The summed E-state index contributed by atoms with van der Waals surface area (Å²) < 4.78 is 14.2. The Morgan fingerprint density at radius 2 is 1.93 bits per heavy atom. The van der Waals surface area contributed by atoms with Crippen molar-refractivity contribution in [2.45, 2.75) is 45.4 Å². The van der Waals surface area contributed by atoms with Crippen LogP contribution in [-0.2, 0) is 22.5 Å². The molecule has 224 valence electrons. The number of nitrogens with one attached hydrogen (secondary N) is 1. The number of pyridine rings is 2. The van der Waals surface area contributed by atoms with E-state index in [2.05, 4.69) is 27.8 Å². The third kappa shape index (κ3) is 5.06. The van der Waals surface area contributed by atoms with Crippen LogP contribution in [0.3, 0.4) is 0 Å². The van der Waals surface area contributed by atoms with E-state index in [0.29, 0.717) is 31.9 Å². The molecule has 1 saturated heterocycles. The summed E-state index contributed by atoms with van der Waals surface area (Å²) in [5.74, 6) is 0.556. The van der Waals surface area contributed by atoms with E-state index in [9.17, 15) is 9.59 Å². The molecule has 0 saturated carbocycles. The summed E-state index contributed by atoms with van der Waals surface area (Å²) in [5, 5.41) is 10.8. The van der Waals surface area contributed by atoms with Crippen LogP contribution in [0.2, 0.25) is 0 Å². The van der Waals surface area contributed by atoms with Gasteiger partial charge in [-0.05, 0) is 61.5 Å². The van der Waals surface area contributed by atoms with Crippen LogP contribution < -0.4 is 10.1 Å². The van der Waals surface area contributed by atoms with Gasteiger partial charge in [-0.3, -0.25) is 9.48 Å². The highest BCUT2D eigenvalue weighted by molar-refractivity contribution is 7.18. The first-order valence-corrected chi connectivity index (χ1v) is 15.4. The van der Waals surface area contributed by atoms with Crippen LogP contribution in [0.1, 0.15) is 37.9 Å². The summed E-state index contributed by atoms with van der Waals surface area (Å²) in [7, 11) is 1.62. The van der Waals surface area contributed by atoms with Crippen molar-refractivity contribution < 1.29 is 19.1 Å². The molecule has 0 radical (unpaired) electrons. The number of fused-ring (bicyclic) bond motifs is 2. The van der Waals surface area contributed by atoms with Crippen molar-refractivity contribution in [3.8, 4) is 39.5 Å². The summed E-state index contributed by atoms with van der Waals surface area (Å²) in [5.41, 5.74) is 6.82. The lowest BCUT2D eigenvalue weighted by Gasteiger charge is -2.39. The molecule has 0 atom stereocenters. The molecule has 2 aliphatic rings. The Kier molecular flexibility index (Phi) is 6.84. The number of amides is 2. The molecule has 2 aliphatic heterocycles. The van der Waals surface area contributed by atoms with E-state index in [1.165, 1.54) is 0 Å². The highest BCUT2D eigenvalue weighted by Crippen LogP contribution is 2.45. The van der Waals surface area contributed by atoms with Gasteiger partial charge in [-0.1, -0.05) is 12.1 Å². The van der Waals surface area contributed by atoms with Crippen molar-refractivity contribution in [3.05, 3.63) is 71.5 Å². The normalized spacial score (nSPS) is 15.1. The number of thiophene rings is 1. The molecular weight excluding hydrogens is 576 g/mol. The van der Waals surface area contributed by atoms with Crippen LogP contribution in [0, 0.1) is 0 Å². The van der Waals surface area contributed by atoms with Crippen molar-refractivity contribution in [2.75, 3.05) is 20.2 Å². The standard InChI is InChI=1S/C33H32N6O4S/c1-33(2,3)43-32(41)38-17-23(18-38)39-16-22(15-36-39)29-27(24-6-5-10-34-31(24)42-4)30-25(9-11-44-30)28(37-29)20-8-7-19-13-26(40)35-14-21(19)12-20/h5-12,15-16,23H,13-14,17-18H2,1-4H3,(H,35,40). The first-order chi connectivity index (χ1) is 21.2. The van der Waals surface area contributed by atoms with Crippen molar-refractivity contribution in [1.82, 2.24) is 30.0 Å². The van der Waals surface area contributed by atoms with E-state index in [-0.39, 0.29) is 18.0 Å². The monoisotopic (exact) mass is 608 g/mol. The van der Waals surface area contributed by atoms with Gasteiger partial charge in [0.25, 0.3) is 0 Å². The van der Waals surface area contributed by atoms with E-state index in [0.717, 1.165) is 54.9 Å². The number of carbonyl (C=O) groups excluding carboxylic acids is 2. The number of rotatable bonds is 5. The first-order valence-electron chi connectivity index (χ1n) is 14.5. The molecular formula is C33H32N6O4S. The van der Waals surface area contributed by atoms with E-state index < -0.39 is 5.60 Å². The van der Waals surface area contributed by atoms with Crippen LogP contribution in [0.4, 0.5) is 4.79 Å². The van der Waals surface area contributed by atoms with Gasteiger partial charge in [0.05, 0.1) is 37.2 Å². The number of likely N-dealkylation sites (tertiary alicyclic amines) is 1. The molecule has 0 aliphatic carbocycles. The molecule has 4 aromatic heterocycles. The zero-order valence-electron chi connectivity index (χ0n) is 25.0. The molecule has 0 spiro atoms. The van der Waals surface area contributed by atoms with Crippen molar-refractivity contribution in [1.29, 1.82) is 0 Å². The Morgan fingerprint density at radius 1 is 1.09 bits per heavy atom. The van der Waals surface area contributed by atoms with Gasteiger partial charge in [0.1, 0.15) is 5.60 Å². The quantitative estimate of drug-likeness (QED) is 0.266. The Labute approximate surface area is 258 Å². The molecule has 7 rings (SSSR count). The molecule has 1 fully saturated rings. The highest BCUT2D eigenvalue weighted by atomic mass is 32.1. The lowest BCUT2D eigenvalue weighted by atomic mass is 9.94. The van der Waals surface area contributed by atoms with E-state index in [1.54, 1.807) is 29.5 Å². The zero-order chi connectivity index (χ0) is 30.6. The maximum Gasteiger partial charge on any atom is 0.410 e. The number of aromatic nitrogens is 4. The molecule has 10 nitrogen and oxygen atoms in total. The number of methoxy groups -OCH3 is 1. The molecule has 1 N–H and O–H groups in total. The Morgan fingerprint density at radius 3 is 2.73 bits per heavy atom. The van der Waals surface area contributed by atoms with Crippen molar-refractivity contribution >= 4 is 33.4 Å². The average Bonchev–Trinajstić information content (AvgIpc) is 3.65. The molecule has 1 aromatic carbocycles. The smallest absolute Gasteiger partial charge is 0.410 e. The van der Waals surface area contributed by atoms with Gasteiger partial charge in [0.15, 0.2) is 0 Å². The number of hydrogen-bond donors (Lipinski definition) is 1. The maximum absolute atomic E-state index is 12.5. The van der Waals surface area contributed by atoms with Gasteiger partial charge in [-0.2, -0.15) is 5.10 Å². The summed E-state index contributed by atoms with van der Waals surface area (Å²) in [4.78, 5) is 36.0. The van der Waals surface area contributed by atoms with E-state index in [1.807, 2.05) is 62.1 Å². The van der Waals surface area contributed by atoms with Crippen LogP contribution >= 0.6 is 11.3 Å². The minimum Gasteiger partial charge on any atom is -0.481 e. The predicted molar refractivity (Wildman–Crippen MR) is 168 cm³/mol. The summed E-state index contributed by atoms with van der Waals surface area (Å²) in [6.07, 6.45) is 5.61. The Hall–Kier alpha value is -4.77. The minimum atomic E-state index is -0.541. The third-order valence-electron chi connectivity index (χ3n) is 7.91. The SMILES string of the molecule is COc1ncccc1-c1c(-c2cnn(C3CN(C(=O)OC(C)(C)C)C3)c2)nc(-c2ccc3c(c2)CNC(=O)C3)c2ccsc12. The van der Waals surface area contributed by atoms with Crippen LogP contribution in [0.15, 0.2) is 60.4 Å². The summed E-state index contributed by atoms with van der Waals surface area (Å²) in [6, 6.07) is 12.2. The molecule has 6 heterocycles. The number of carbonyl (C=O) groups is 2. The predicted octanol–water partition coefficient (Wildman–Crippen LogP) is 5.86. The fourth-order valence-corrected chi connectivity index (χ4v) is 6.70. The summed E-state index contributed by atoms with van der Waals surface area (Å²) in [6.45, 7) is 7.14. The molecule has 44 heavy (non-hydrogen) atoms. The molecule has 0 bridgehead atoms. The second kappa shape index (κ2) is 10.7. The second-order valence-corrected chi connectivity index (χ2v) is 13.0. The first kappa shape index (κ1) is 28.0. The minimum absolute atomic E-state index is 0.0356. The fraction of sp³-hybridized carbons (Fsp3) is 0.303. The van der Waals surface area contributed by atoms with Crippen molar-refractivity contribution in [3.63, 3.8) is 0 Å². The van der Waals surface area contributed by atoms with Gasteiger partial charge < -0.3 is 19.7 Å². The fourth-order valence-electron chi connectivity index (χ4n) is 5.75. The van der Waals surface area contributed by atoms with Gasteiger partial charge in [-0.15, -0.1) is 11.3 Å². The lowest BCUT2D eigenvalue weighted by Crippen LogP contribution is -2.52. The zero-order valence-corrected chi connectivity index (χ0v) is 25.8. The van der Waals surface area contributed by atoms with Gasteiger partial charge in [-0.25, -0.2) is 14.8 Å². The average molecular weight is 609 g/mol. The number of ether oxygens (including phenoxy) is 2. The number of hydrogen-bond acceptors (Lipinski definition) is 8. The van der Waals surface area contributed by atoms with E-state index >= 15 is 0 Å². The second-order valence-electron chi connectivity index (χ2n) is 12.1. The highest BCUT2D eigenvalue weighted by Gasteiger charge is 2.35. The lowest BCUT2D eigenvalue weighted by molar-refractivity contribution is -0.121. The van der Waals surface area contributed by atoms with E-state index in [4.69, 9.17) is 19.6 Å². The largest absolute Gasteiger partial charge is 0.481 e. The Balaban J connectivity index is 1.32. The maximum atomic E-state index is 12.5. The Bertz CT molecular complexity index is 1920. The van der Waals surface area contributed by atoms with Crippen LogP contribution in [0.25, 0.3) is 43.7 Å². The third-order valence-corrected chi connectivity index (χ3v) is 8.84. The van der Waals surface area contributed by atoms with Crippen molar-refractivity contribution in [2.24, 2.45) is 0 Å². The van der Waals surface area contributed by atoms with Gasteiger partial charge in [0, 0.05) is 64.4 Å². The molecule has 5 aromatic rings. The van der Waals surface area contributed by atoms with Gasteiger partial charge >= 0.3 is 6.09 Å². The van der Waals surface area contributed by atoms with Gasteiger partial charge in [0.2, 0.25) is 11.8 Å². The number of nitrogens with zero attached hydrogens (tertiary/aromatic N) is 5. The molecule has 2 amide bonds.